The van der Waals surface area contributed by atoms with Crippen molar-refractivity contribution < 1.29 is 26.3 Å². The first-order valence-electron chi connectivity index (χ1n) is 15.2. The van der Waals surface area contributed by atoms with Gasteiger partial charge in [-0.25, -0.2) is 26.3 Å². The monoisotopic (exact) mass is 638 g/mol. The van der Waals surface area contributed by atoms with Gasteiger partial charge < -0.3 is 0 Å². The predicted molar refractivity (Wildman–Crippen MR) is 181 cm³/mol. The Balaban J connectivity index is 1.39. The minimum atomic E-state index is -1.52. The molecule has 0 nitrogen and oxygen atoms in total. The molecule has 0 unspecified atom stereocenters. The Bertz CT molecular complexity index is 2700. The van der Waals surface area contributed by atoms with Crippen molar-refractivity contribution in [1.82, 2.24) is 0 Å². The number of rotatable bonds is 3. The highest BCUT2D eigenvalue weighted by Gasteiger charge is 2.22. The largest absolute Gasteiger partial charge is 0.204 e. The van der Waals surface area contributed by atoms with E-state index in [1.165, 1.54) is 0 Å². The van der Waals surface area contributed by atoms with Crippen LogP contribution in [0.4, 0.5) is 26.3 Å². The lowest BCUT2D eigenvalue weighted by molar-refractivity contribution is 0.447. The van der Waals surface area contributed by atoms with Gasteiger partial charge in [0.05, 0.1) is 0 Å². The maximum Gasteiger partial charge on any atom is 0.194 e. The molecule has 0 aliphatic heterocycles. The SMILES string of the molecule is Fc1cc(-c2c3ccccc3c(-c3ccc4ccc5c(-c6cc(F)c(F)c(F)c6)ccc6ccc3c4c65)c3ccccc23)cc(F)c1F. The van der Waals surface area contributed by atoms with Crippen LogP contribution in [0.5, 0.6) is 0 Å². The van der Waals surface area contributed by atoms with Crippen LogP contribution in [0.15, 0.2) is 121 Å². The average molecular weight is 639 g/mol. The zero-order chi connectivity index (χ0) is 32.8. The highest BCUT2D eigenvalue weighted by atomic mass is 19.2. The van der Waals surface area contributed by atoms with E-state index < -0.39 is 34.9 Å². The van der Waals surface area contributed by atoms with Crippen LogP contribution >= 0.6 is 0 Å². The molecule has 0 bridgehead atoms. The third kappa shape index (κ3) is 3.99. The molecule has 0 radical (unpaired) electrons. The van der Waals surface area contributed by atoms with Gasteiger partial charge >= 0.3 is 0 Å². The maximum atomic E-state index is 14.6. The fourth-order valence-electron chi connectivity index (χ4n) is 7.41. The lowest BCUT2D eigenvalue weighted by Gasteiger charge is -2.20. The smallest absolute Gasteiger partial charge is 0.194 e. The van der Waals surface area contributed by atoms with Crippen LogP contribution < -0.4 is 0 Å². The van der Waals surface area contributed by atoms with Gasteiger partial charge in [0.25, 0.3) is 0 Å². The van der Waals surface area contributed by atoms with Crippen LogP contribution in [0, 0.1) is 34.9 Å². The van der Waals surface area contributed by atoms with Crippen LogP contribution in [0.1, 0.15) is 0 Å². The second-order valence-electron chi connectivity index (χ2n) is 12.0. The van der Waals surface area contributed by atoms with Gasteiger partial charge in [0.2, 0.25) is 0 Å². The van der Waals surface area contributed by atoms with E-state index in [1.807, 2.05) is 78.9 Å². The second-order valence-corrected chi connectivity index (χ2v) is 12.0. The Morgan fingerprint density at radius 2 is 0.688 bits per heavy atom. The summed E-state index contributed by atoms with van der Waals surface area (Å²) < 4.78 is 85.7. The highest BCUT2D eigenvalue weighted by molar-refractivity contribution is 6.30. The van der Waals surface area contributed by atoms with E-state index in [1.54, 1.807) is 6.07 Å². The molecule has 0 amide bonds. The minimum absolute atomic E-state index is 0.224. The van der Waals surface area contributed by atoms with Crippen LogP contribution in [-0.2, 0) is 0 Å². The van der Waals surface area contributed by atoms with Gasteiger partial charge in [-0.3, -0.25) is 0 Å². The normalized spacial score (nSPS) is 12.0. The lowest BCUT2D eigenvalue weighted by atomic mass is 9.83. The highest BCUT2D eigenvalue weighted by Crippen LogP contribution is 2.48. The Morgan fingerprint density at radius 1 is 0.312 bits per heavy atom. The molecule has 0 N–H and O–H groups in total. The summed E-state index contributed by atoms with van der Waals surface area (Å²) in [6.45, 7) is 0. The summed E-state index contributed by atoms with van der Waals surface area (Å²) in [4.78, 5) is 0. The number of hydrogen-bond donors (Lipinski definition) is 0. The molecule has 0 spiro atoms. The number of halogens is 6. The maximum absolute atomic E-state index is 14.6. The molecule has 48 heavy (non-hydrogen) atoms. The standard InChI is InChI=1S/C42H20F6/c43-33-17-23(18-34(44)41(33)47)25-13-9-21-11-15-31-32(16-12-22-10-14-30(25)38(21)39(22)31)40-28-7-3-1-5-26(28)37(27-6-2-4-8-29(27)40)24-19-35(45)42(48)36(46)20-24/h1-20H. The second kappa shape index (κ2) is 10.3. The van der Waals surface area contributed by atoms with Crippen molar-refractivity contribution in [2.75, 3.05) is 0 Å². The summed E-state index contributed by atoms with van der Waals surface area (Å²) in [5.41, 5.74) is 3.43. The zero-order valence-corrected chi connectivity index (χ0v) is 24.8. The molecule has 9 aromatic carbocycles. The van der Waals surface area contributed by atoms with E-state index >= 15 is 0 Å². The van der Waals surface area contributed by atoms with E-state index in [4.69, 9.17) is 0 Å². The summed E-state index contributed by atoms with van der Waals surface area (Å²) >= 11 is 0. The van der Waals surface area contributed by atoms with Crippen molar-refractivity contribution >= 4 is 53.9 Å². The van der Waals surface area contributed by atoms with Gasteiger partial charge in [-0.1, -0.05) is 97.1 Å². The molecule has 9 aromatic rings. The van der Waals surface area contributed by atoms with Crippen molar-refractivity contribution in [3.05, 3.63) is 156 Å². The minimum Gasteiger partial charge on any atom is -0.204 e. The first-order chi connectivity index (χ1) is 23.3. The zero-order valence-electron chi connectivity index (χ0n) is 24.8. The fraction of sp³-hybridized carbons (Fsp3) is 0. The summed E-state index contributed by atoms with van der Waals surface area (Å²) in [7, 11) is 0. The fourth-order valence-corrected chi connectivity index (χ4v) is 7.41. The summed E-state index contributed by atoms with van der Waals surface area (Å²) in [6.07, 6.45) is 0. The molecule has 0 heterocycles. The van der Waals surface area contributed by atoms with Crippen LogP contribution in [0.25, 0.3) is 87.2 Å². The van der Waals surface area contributed by atoms with Crippen molar-refractivity contribution in [3.63, 3.8) is 0 Å². The molecule has 0 saturated heterocycles. The first-order valence-corrected chi connectivity index (χ1v) is 15.2. The molecule has 0 aromatic heterocycles. The molecule has 0 aliphatic rings. The van der Waals surface area contributed by atoms with Crippen molar-refractivity contribution in [3.8, 4) is 33.4 Å². The van der Waals surface area contributed by atoms with Gasteiger partial charge in [0, 0.05) is 0 Å². The summed E-state index contributed by atoms with van der Waals surface area (Å²) in [5, 5.41) is 8.59. The number of hydrogen-bond acceptors (Lipinski definition) is 0. The molecule has 6 heteroatoms. The average Bonchev–Trinajstić information content (AvgIpc) is 3.10. The number of benzene rings is 9. The Morgan fingerprint density at radius 3 is 1.17 bits per heavy atom. The molecule has 0 aliphatic carbocycles. The Hall–Kier alpha value is -5.88. The third-order valence-corrected chi connectivity index (χ3v) is 9.43. The van der Waals surface area contributed by atoms with Gasteiger partial charge in [0.1, 0.15) is 0 Å². The Kier molecular flexibility index (Phi) is 6.09. The summed E-state index contributed by atoms with van der Waals surface area (Å²) in [6, 6.07) is 35.0. The van der Waals surface area contributed by atoms with E-state index in [2.05, 4.69) is 12.1 Å². The molecule has 0 saturated carbocycles. The van der Waals surface area contributed by atoms with Gasteiger partial charge in [0.15, 0.2) is 34.9 Å². The quantitative estimate of drug-likeness (QED) is 0.0782. The molecule has 230 valence electrons. The lowest BCUT2D eigenvalue weighted by Crippen LogP contribution is -1.96. The first kappa shape index (κ1) is 28.4. The van der Waals surface area contributed by atoms with Crippen molar-refractivity contribution in [1.29, 1.82) is 0 Å². The molecular weight excluding hydrogens is 618 g/mol. The van der Waals surface area contributed by atoms with Crippen molar-refractivity contribution in [2.24, 2.45) is 0 Å². The van der Waals surface area contributed by atoms with Crippen LogP contribution in [0.2, 0.25) is 0 Å². The van der Waals surface area contributed by atoms with Gasteiger partial charge in [-0.05, 0) is 112 Å². The topological polar surface area (TPSA) is 0 Å². The molecule has 9 rings (SSSR count). The Labute approximate surface area is 269 Å². The molecule has 0 fully saturated rings. The molecular formula is C42H20F6. The van der Waals surface area contributed by atoms with E-state index in [0.717, 1.165) is 89.3 Å². The predicted octanol–water partition coefficient (Wildman–Crippen LogP) is 12.7. The van der Waals surface area contributed by atoms with Gasteiger partial charge in [-0.15, -0.1) is 0 Å². The van der Waals surface area contributed by atoms with E-state index in [-0.39, 0.29) is 11.1 Å². The van der Waals surface area contributed by atoms with Crippen molar-refractivity contribution in [2.45, 2.75) is 0 Å². The van der Waals surface area contributed by atoms with Crippen LogP contribution in [0.3, 0.4) is 0 Å². The molecule has 0 atom stereocenters. The third-order valence-electron chi connectivity index (χ3n) is 9.43. The van der Waals surface area contributed by atoms with E-state index in [9.17, 15) is 26.3 Å². The van der Waals surface area contributed by atoms with Gasteiger partial charge in [-0.2, -0.15) is 0 Å². The van der Waals surface area contributed by atoms with E-state index in [0.29, 0.717) is 11.1 Å². The number of fused-ring (bicyclic) bond motifs is 2. The van der Waals surface area contributed by atoms with Crippen LogP contribution in [-0.4, -0.2) is 0 Å². The summed E-state index contributed by atoms with van der Waals surface area (Å²) in [5.74, 6) is -8.08.